The molecular weight excluding hydrogens is 265 g/mol. The van der Waals surface area contributed by atoms with Crippen LogP contribution in [0.25, 0.3) is 0 Å². The fraction of sp³-hybridized carbons (Fsp3) is 0.714. The van der Waals surface area contributed by atoms with E-state index in [-0.39, 0.29) is 31.7 Å². The first-order chi connectivity index (χ1) is 9.23. The molecule has 1 saturated heterocycles. The van der Waals surface area contributed by atoms with Gasteiger partial charge in [0, 0.05) is 25.6 Å². The number of nitrogens with zero attached hydrogens (tertiary/aromatic N) is 1. The van der Waals surface area contributed by atoms with Gasteiger partial charge in [0.15, 0.2) is 0 Å². The number of hydrogen-bond acceptors (Lipinski definition) is 4. The molecular formula is C14H22FNO4. The van der Waals surface area contributed by atoms with Crippen LogP contribution in [0.4, 0.5) is 9.18 Å². The predicted molar refractivity (Wildman–Crippen MR) is 72.0 cm³/mol. The van der Waals surface area contributed by atoms with Crippen LogP contribution in [-0.4, -0.2) is 48.4 Å². The molecule has 0 bridgehead atoms. The molecule has 1 fully saturated rings. The Morgan fingerprint density at radius 2 is 2.10 bits per heavy atom. The van der Waals surface area contributed by atoms with E-state index < -0.39 is 23.8 Å². The van der Waals surface area contributed by atoms with Crippen molar-refractivity contribution >= 4 is 12.1 Å². The second kappa shape index (κ2) is 6.72. The topological polar surface area (TPSA) is 55.8 Å². The van der Waals surface area contributed by atoms with E-state index in [2.05, 4.69) is 0 Å². The van der Waals surface area contributed by atoms with E-state index in [4.69, 9.17) is 9.47 Å². The Labute approximate surface area is 118 Å². The molecule has 0 aromatic heterocycles. The van der Waals surface area contributed by atoms with Crippen molar-refractivity contribution in [2.24, 2.45) is 0 Å². The fourth-order valence-electron chi connectivity index (χ4n) is 1.81. The summed E-state index contributed by atoms with van der Waals surface area (Å²) in [6, 6.07) is 0. The van der Waals surface area contributed by atoms with E-state index in [9.17, 15) is 14.0 Å². The maximum atomic E-state index is 13.8. The Morgan fingerprint density at radius 1 is 1.45 bits per heavy atom. The lowest BCUT2D eigenvalue weighted by Gasteiger charge is -2.32. The van der Waals surface area contributed by atoms with Gasteiger partial charge >= 0.3 is 12.1 Å². The molecule has 1 atom stereocenters. The molecule has 0 aliphatic carbocycles. The summed E-state index contributed by atoms with van der Waals surface area (Å²) in [5.74, 6) is -0.587. The van der Waals surface area contributed by atoms with Crippen LogP contribution in [0.3, 0.4) is 0 Å². The number of carbonyl (C=O) groups excluding carboxylic acids is 2. The van der Waals surface area contributed by atoms with Gasteiger partial charge in [-0.15, -0.1) is 0 Å². The summed E-state index contributed by atoms with van der Waals surface area (Å²) in [7, 11) is 0. The van der Waals surface area contributed by atoms with Crippen LogP contribution in [0.15, 0.2) is 11.6 Å². The highest BCUT2D eigenvalue weighted by molar-refractivity contribution is 5.83. The van der Waals surface area contributed by atoms with Crippen LogP contribution < -0.4 is 0 Å². The normalized spacial score (nSPS) is 21.8. The van der Waals surface area contributed by atoms with Gasteiger partial charge in [-0.1, -0.05) is 0 Å². The van der Waals surface area contributed by atoms with Crippen molar-refractivity contribution in [2.45, 2.75) is 45.9 Å². The van der Waals surface area contributed by atoms with Crippen LogP contribution in [0.1, 0.15) is 34.1 Å². The highest BCUT2D eigenvalue weighted by atomic mass is 19.1. The molecule has 114 valence electrons. The van der Waals surface area contributed by atoms with Crippen molar-refractivity contribution in [1.29, 1.82) is 0 Å². The van der Waals surface area contributed by atoms with Gasteiger partial charge in [-0.3, -0.25) is 0 Å². The zero-order valence-corrected chi connectivity index (χ0v) is 12.4. The first-order valence-corrected chi connectivity index (χ1v) is 6.72. The second-order valence-corrected chi connectivity index (χ2v) is 5.63. The van der Waals surface area contributed by atoms with Crippen molar-refractivity contribution in [2.75, 3.05) is 19.7 Å². The first-order valence-electron chi connectivity index (χ1n) is 6.72. The monoisotopic (exact) mass is 287 g/mol. The number of rotatable bonds is 2. The van der Waals surface area contributed by atoms with E-state index >= 15 is 0 Å². The molecule has 0 radical (unpaired) electrons. The lowest BCUT2D eigenvalue weighted by molar-refractivity contribution is -0.137. The summed E-state index contributed by atoms with van der Waals surface area (Å²) in [6.07, 6.45) is -0.438. The Kier molecular flexibility index (Phi) is 5.53. The molecule has 1 aliphatic rings. The van der Waals surface area contributed by atoms with Gasteiger partial charge in [-0.25, -0.2) is 14.0 Å². The number of alkyl halides is 1. The van der Waals surface area contributed by atoms with Crippen molar-refractivity contribution < 1.29 is 23.5 Å². The van der Waals surface area contributed by atoms with Crippen molar-refractivity contribution in [1.82, 2.24) is 4.90 Å². The van der Waals surface area contributed by atoms with Gasteiger partial charge in [0.1, 0.15) is 11.8 Å². The second-order valence-electron chi connectivity index (χ2n) is 5.63. The lowest BCUT2D eigenvalue weighted by atomic mass is 10.0. The SMILES string of the molecule is CCOC(=O)C=C1CN(C(=O)OC(C)(C)C)CCC1F. The molecule has 1 rings (SSSR count). The zero-order chi connectivity index (χ0) is 15.3. The molecule has 1 heterocycles. The molecule has 0 spiro atoms. The van der Waals surface area contributed by atoms with Gasteiger partial charge in [0.25, 0.3) is 0 Å². The van der Waals surface area contributed by atoms with Crippen LogP contribution in [0.2, 0.25) is 0 Å². The third-order valence-corrected chi connectivity index (χ3v) is 2.67. The van der Waals surface area contributed by atoms with E-state index in [0.29, 0.717) is 0 Å². The molecule has 6 heteroatoms. The summed E-state index contributed by atoms with van der Waals surface area (Å²) < 4.78 is 23.8. The maximum Gasteiger partial charge on any atom is 0.410 e. The minimum absolute atomic E-state index is 0.0505. The van der Waals surface area contributed by atoms with Crippen LogP contribution in [0, 0.1) is 0 Å². The molecule has 1 unspecified atom stereocenters. The van der Waals surface area contributed by atoms with E-state index in [1.54, 1.807) is 27.7 Å². The van der Waals surface area contributed by atoms with Crippen LogP contribution >= 0.6 is 0 Å². The smallest absolute Gasteiger partial charge is 0.410 e. The van der Waals surface area contributed by atoms with E-state index in [1.807, 2.05) is 0 Å². The molecule has 0 aromatic rings. The number of esters is 1. The third-order valence-electron chi connectivity index (χ3n) is 2.67. The number of likely N-dealkylation sites (tertiary alicyclic amines) is 1. The van der Waals surface area contributed by atoms with Gasteiger partial charge in [-0.05, 0) is 33.3 Å². The number of amides is 1. The van der Waals surface area contributed by atoms with Gasteiger partial charge < -0.3 is 14.4 Å². The zero-order valence-electron chi connectivity index (χ0n) is 12.4. The predicted octanol–water partition coefficient (Wildman–Crippen LogP) is 2.45. The summed E-state index contributed by atoms with van der Waals surface area (Å²) in [6.45, 7) is 7.53. The molecule has 0 saturated carbocycles. The number of piperidine rings is 1. The largest absolute Gasteiger partial charge is 0.463 e. The summed E-state index contributed by atoms with van der Waals surface area (Å²) in [5.41, 5.74) is -0.352. The highest BCUT2D eigenvalue weighted by Gasteiger charge is 2.30. The summed E-state index contributed by atoms with van der Waals surface area (Å²) in [4.78, 5) is 24.7. The van der Waals surface area contributed by atoms with Gasteiger partial charge in [0.2, 0.25) is 0 Å². The molecule has 0 aromatic carbocycles. The van der Waals surface area contributed by atoms with Crippen molar-refractivity contribution in [3.63, 3.8) is 0 Å². The Morgan fingerprint density at radius 3 is 2.65 bits per heavy atom. The van der Waals surface area contributed by atoms with Crippen LogP contribution in [-0.2, 0) is 14.3 Å². The minimum Gasteiger partial charge on any atom is -0.463 e. The lowest BCUT2D eigenvalue weighted by Crippen LogP contribution is -2.43. The summed E-state index contributed by atoms with van der Waals surface area (Å²) in [5, 5.41) is 0. The molecule has 0 N–H and O–H groups in total. The average molecular weight is 287 g/mol. The summed E-state index contributed by atoms with van der Waals surface area (Å²) >= 11 is 0. The van der Waals surface area contributed by atoms with Gasteiger partial charge in [0.05, 0.1) is 6.61 Å². The quantitative estimate of drug-likeness (QED) is 0.578. The molecule has 20 heavy (non-hydrogen) atoms. The Balaban J connectivity index is 2.70. The molecule has 5 nitrogen and oxygen atoms in total. The number of ether oxygens (including phenoxy) is 2. The van der Waals surface area contributed by atoms with Crippen molar-refractivity contribution in [3.05, 3.63) is 11.6 Å². The van der Waals surface area contributed by atoms with Crippen molar-refractivity contribution in [3.8, 4) is 0 Å². The van der Waals surface area contributed by atoms with E-state index in [1.165, 1.54) is 4.90 Å². The third kappa shape index (κ3) is 5.19. The first kappa shape index (κ1) is 16.5. The Hall–Kier alpha value is -1.59. The maximum absolute atomic E-state index is 13.8. The number of carbonyl (C=O) groups is 2. The van der Waals surface area contributed by atoms with Gasteiger partial charge in [-0.2, -0.15) is 0 Å². The average Bonchev–Trinajstić information content (AvgIpc) is 2.30. The van der Waals surface area contributed by atoms with E-state index in [0.717, 1.165) is 6.08 Å². The highest BCUT2D eigenvalue weighted by Crippen LogP contribution is 2.21. The molecule has 1 aliphatic heterocycles. The molecule has 1 amide bonds. The minimum atomic E-state index is -1.22. The fourth-order valence-corrected chi connectivity index (χ4v) is 1.81. The number of halogens is 1. The van der Waals surface area contributed by atoms with Crippen LogP contribution in [0.5, 0.6) is 0 Å². The number of hydrogen-bond donors (Lipinski definition) is 0. The Bertz CT molecular complexity index is 400. The standard InChI is InChI=1S/C14H22FNO4/c1-5-19-12(17)8-10-9-16(7-6-11(10)15)13(18)20-14(2,3)4/h8,11H,5-7,9H2,1-4H3.